The summed E-state index contributed by atoms with van der Waals surface area (Å²) in [5.74, 6) is -4.06. The highest BCUT2D eigenvalue weighted by Crippen LogP contribution is 2.47. The Labute approximate surface area is 145 Å². The maximum atomic E-state index is 15.0. The molecule has 1 heterocycles. The van der Waals surface area contributed by atoms with Crippen LogP contribution in [0, 0.1) is 12.4 Å². The summed E-state index contributed by atoms with van der Waals surface area (Å²) in [6, 6.07) is 3.92. The predicted molar refractivity (Wildman–Crippen MR) is 86.7 cm³/mol. The van der Waals surface area contributed by atoms with Gasteiger partial charge in [0.1, 0.15) is 11.4 Å². The normalized spacial score (nSPS) is 17.7. The van der Waals surface area contributed by atoms with Gasteiger partial charge in [0.25, 0.3) is 0 Å². The number of likely N-dealkylation sites (tertiary alicyclic amines) is 1. The lowest BCUT2D eigenvalue weighted by molar-refractivity contribution is -0.0862. The van der Waals surface area contributed by atoms with Crippen LogP contribution in [0.4, 0.5) is 18.0 Å². The van der Waals surface area contributed by atoms with E-state index >= 15 is 0 Å². The number of carbonyl (C=O) groups is 1. The molecule has 7 heteroatoms. The van der Waals surface area contributed by atoms with Gasteiger partial charge in [-0.05, 0) is 45.0 Å². The summed E-state index contributed by atoms with van der Waals surface area (Å²) in [6.07, 6.45) is -0.934. The molecule has 0 bridgehead atoms. The molecule has 0 unspecified atom stereocenters. The number of piperidine rings is 1. The van der Waals surface area contributed by atoms with Gasteiger partial charge in [0.05, 0.1) is 12.8 Å². The number of carbonyl (C=O) groups excluding carboxylic acids is 1. The van der Waals surface area contributed by atoms with Gasteiger partial charge in [-0.15, -0.1) is 0 Å². The monoisotopic (exact) mass is 354 g/mol. The number of ether oxygens (including phenoxy) is 1. The highest BCUT2D eigenvalue weighted by molar-refractivity contribution is 5.68. The van der Waals surface area contributed by atoms with Gasteiger partial charge in [0.15, 0.2) is 0 Å². The molecule has 1 aliphatic rings. The fourth-order valence-electron chi connectivity index (χ4n) is 2.81. The third kappa shape index (κ3) is 3.89. The number of nitrogens with zero attached hydrogens (tertiary/aromatic N) is 2. The first-order valence-corrected chi connectivity index (χ1v) is 8.01. The van der Waals surface area contributed by atoms with Crippen LogP contribution in [0.5, 0.6) is 0 Å². The van der Waals surface area contributed by atoms with Gasteiger partial charge >= 0.3 is 17.6 Å². The van der Waals surface area contributed by atoms with Gasteiger partial charge < -0.3 is 14.5 Å². The van der Waals surface area contributed by atoms with Crippen LogP contribution in [0.3, 0.4) is 0 Å². The fraction of sp³-hybridized carbons (Fsp3) is 0.556. The topological polar surface area (TPSA) is 33.9 Å². The highest BCUT2D eigenvalue weighted by atomic mass is 19.3. The number of rotatable bonds is 2. The van der Waals surface area contributed by atoms with Crippen molar-refractivity contribution in [1.29, 1.82) is 0 Å². The standard InChI is InChI=1S/C18H21F3N2O2/c1-16(2,3)25-15(24)23-11-9-17(22-4,10-12-23)18(20,21)13-5-7-14(19)8-6-13/h5-8H,9-12H2,1-3H3. The molecule has 0 spiro atoms. The Hall–Kier alpha value is -2.23. The zero-order chi connectivity index (χ0) is 18.9. The smallest absolute Gasteiger partial charge is 0.410 e. The van der Waals surface area contributed by atoms with Crippen LogP contribution < -0.4 is 0 Å². The molecular weight excluding hydrogens is 333 g/mol. The lowest BCUT2D eigenvalue weighted by Crippen LogP contribution is -2.53. The first kappa shape index (κ1) is 19.1. The van der Waals surface area contributed by atoms with E-state index in [4.69, 9.17) is 11.3 Å². The molecule has 0 saturated carbocycles. The van der Waals surface area contributed by atoms with Crippen molar-refractivity contribution in [2.75, 3.05) is 13.1 Å². The van der Waals surface area contributed by atoms with Crippen molar-refractivity contribution in [2.24, 2.45) is 0 Å². The summed E-state index contributed by atoms with van der Waals surface area (Å²) in [4.78, 5) is 16.7. The SMILES string of the molecule is [C-]#[N+]C1(C(F)(F)c2ccc(F)cc2)CCN(C(=O)OC(C)(C)C)CC1. The molecular formula is C18H21F3N2O2. The molecule has 0 atom stereocenters. The van der Waals surface area contributed by atoms with Crippen molar-refractivity contribution < 1.29 is 22.7 Å². The Morgan fingerprint density at radius 1 is 1.20 bits per heavy atom. The van der Waals surface area contributed by atoms with Crippen LogP contribution in [0.1, 0.15) is 39.2 Å². The molecule has 0 aromatic heterocycles. The van der Waals surface area contributed by atoms with E-state index in [0.717, 1.165) is 24.3 Å². The second-order valence-corrected chi connectivity index (χ2v) is 7.19. The molecule has 4 nitrogen and oxygen atoms in total. The zero-order valence-corrected chi connectivity index (χ0v) is 14.5. The molecule has 0 radical (unpaired) electrons. The van der Waals surface area contributed by atoms with Crippen molar-refractivity contribution in [2.45, 2.75) is 50.7 Å². The maximum absolute atomic E-state index is 15.0. The van der Waals surface area contributed by atoms with E-state index in [9.17, 15) is 18.0 Å². The van der Waals surface area contributed by atoms with Gasteiger partial charge in [-0.25, -0.2) is 15.8 Å². The first-order valence-electron chi connectivity index (χ1n) is 8.01. The van der Waals surface area contributed by atoms with Crippen molar-refractivity contribution in [3.05, 3.63) is 47.1 Å². The van der Waals surface area contributed by atoms with Crippen molar-refractivity contribution in [1.82, 2.24) is 4.90 Å². The minimum absolute atomic E-state index is 0.00801. The molecule has 1 fully saturated rings. The number of amides is 1. The third-order valence-corrected chi connectivity index (χ3v) is 4.25. The van der Waals surface area contributed by atoms with Gasteiger partial charge in [-0.2, -0.15) is 8.78 Å². The third-order valence-electron chi connectivity index (χ3n) is 4.25. The molecule has 1 aliphatic heterocycles. The molecule has 0 aliphatic carbocycles. The van der Waals surface area contributed by atoms with E-state index < -0.39 is 34.5 Å². The zero-order valence-electron chi connectivity index (χ0n) is 14.5. The minimum Gasteiger partial charge on any atom is -0.444 e. The van der Waals surface area contributed by atoms with Crippen LogP contribution in [-0.4, -0.2) is 35.2 Å². The number of hydrogen-bond donors (Lipinski definition) is 0. The molecule has 1 amide bonds. The first-order chi connectivity index (χ1) is 11.5. The Kier molecular flexibility index (Phi) is 5.03. The van der Waals surface area contributed by atoms with E-state index in [1.54, 1.807) is 20.8 Å². The van der Waals surface area contributed by atoms with Crippen LogP contribution in [0.25, 0.3) is 4.85 Å². The highest BCUT2D eigenvalue weighted by Gasteiger charge is 2.62. The van der Waals surface area contributed by atoms with Gasteiger partial charge in [0.2, 0.25) is 0 Å². The predicted octanol–water partition coefficient (Wildman–Crippen LogP) is 4.61. The van der Waals surface area contributed by atoms with Crippen LogP contribution in [0.15, 0.2) is 24.3 Å². The summed E-state index contributed by atoms with van der Waals surface area (Å²) >= 11 is 0. The summed E-state index contributed by atoms with van der Waals surface area (Å²) in [5, 5.41) is 0. The quantitative estimate of drug-likeness (QED) is 0.727. The second-order valence-electron chi connectivity index (χ2n) is 7.19. The van der Waals surface area contributed by atoms with E-state index in [0.29, 0.717) is 0 Å². The maximum Gasteiger partial charge on any atom is 0.410 e. The summed E-state index contributed by atoms with van der Waals surface area (Å²) in [7, 11) is 0. The Bertz CT molecular complexity index is 667. The number of benzene rings is 1. The van der Waals surface area contributed by atoms with E-state index in [-0.39, 0.29) is 25.9 Å². The lowest BCUT2D eigenvalue weighted by atomic mass is 9.79. The van der Waals surface area contributed by atoms with Gasteiger partial charge in [-0.1, -0.05) is 0 Å². The average Bonchev–Trinajstić information content (AvgIpc) is 2.53. The van der Waals surface area contributed by atoms with E-state index in [1.165, 1.54) is 4.90 Å². The lowest BCUT2D eigenvalue weighted by Gasteiger charge is -2.38. The molecule has 136 valence electrons. The van der Waals surface area contributed by atoms with Crippen molar-refractivity contribution in [3.63, 3.8) is 0 Å². The summed E-state index contributed by atoms with van der Waals surface area (Å²) in [5.41, 5.74) is -3.03. The molecule has 25 heavy (non-hydrogen) atoms. The Morgan fingerprint density at radius 3 is 2.16 bits per heavy atom. The van der Waals surface area contributed by atoms with Gasteiger partial charge in [0, 0.05) is 18.7 Å². The Morgan fingerprint density at radius 2 is 1.72 bits per heavy atom. The number of alkyl halides is 2. The molecule has 2 rings (SSSR count). The van der Waals surface area contributed by atoms with Crippen LogP contribution >= 0.6 is 0 Å². The molecule has 1 aromatic rings. The summed E-state index contributed by atoms with van der Waals surface area (Å²) < 4.78 is 48.2. The fourth-order valence-corrected chi connectivity index (χ4v) is 2.81. The molecule has 1 saturated heterocycles. The van der Waals surface area contributed by atoms with Crippen LogP contribution in [0.2, 0.25) is 0 Å². The van der Waals surface area contributed by atoms with E-state index in [1.807, 2.05) is 0 Å². The number of halogens is 3. The molecule has 1 aromatic carbocycles. The second kappa shape index (κ2) is 6.58. The molecule has 0 N–H and O–H groups in total. The minimum atomic E-state index is -3.44. The summed E-state index contributed by atoms with van der Waals surface area (Å²) in [6.45, 7) is 12.5. The largest absolute Gasteiger partial charge is 0.444 e. The average molecular weight is 354 g/mol. The Balaban J connectivity index is 2.17. The van der Waals surface area contributed by atoms with Crippen molar-refractivity contribution >= 4 is 6.09 Å². The van der Waals surface area contributed by atoms with Gasteiger partial charge in [-0.3, -0.25) is 0 Å². The number of hydrogen-bond acceptors (Lipinski definition) is 2. The van der Waals surface area contributed by atoms with Crippen LogP contribution in [-0.2, 0) is 10.7 Å². The van der Waals surface area contributed by atoms with E-state index in [2.05, 4.69) is 4.85 Å². The van der Waals surface area contributed by atoms with Crippen molar-refractivity contribution in [3.8, 4) is 0 Å².